The van der Waals surface area contributed by atoms with Gasteiger partial charge in [0.15, 0.2) is 5.65 Å². The minimum atomic E-state index is 0.628. The highest BCUT2D eigenvalue weighted by molar-refractivity contribution is 5.77. The van der Waals surface area contributed by atoms with Crippen molar-refractivity contribution in [3.05, 3.63) is 5.69 Å². The molecular formula is C15H26N6. The molecule has 1 saturated heterocycles. The lowest BCUT2D eigenvalue weighted by Crippen LogP contribution is -2.34. The fourth-order valence-electron chi connectivity index (χ4n) is 3.52. The zero-order chi connectivity index (χ0) is 15.0. The molecule has 3 heterocycles. The molecule has 1 atom stereocenters. The third kappa shape index (κ3) is 2.64. The van der Waals surface area contributed by atoms with Crippen LogP contribution in [0.3, 0.4) is 0 Å². The number of aromatic nitrogens is 4. The van der Waals surface area contributed by atoms with Gasteiger partial charge in [-0.3, -0.25) is 9.25 Å². The third-order valence-corrected chi connectivity index (χ3v) is 4.47. The number of aryl methyl sites for hydroxylation is 2. The molecule has 1 aliphatic rings. The van der Waals surface area contributed by atoms with Gasteiger partial charge in [0.2, 0.25) is 5.95 Å². The largest absolute Gasteiger partial charge is 0.369 e. The normalized spacial score (nSPS) is 20.4. The Morgan fingerprint density at radius 2 is 2.14 bits per heavy atom. The number of anilines is 1. The second kappa shape index (κ2) is 5.67. The summed E-state index contributed by atoms with van der Waals surface area (Å²) >= 11 is 0. The number of piperidine rings is 1. The van der Waals surface area contributed by atoms with Crippen LogP contribution in [0.2, 0.25) is 0 Å². The molecule has 3 rings (SSSR count). The second-order valence-electron chi connectivity index (χ2n) is 6.34. The summed E-state index contributed by atoms with van der Waals surface area (Å²) in [6.07, 6.45) is 4.57. The molecule has 0 amide bonds. The van der Waals surface area contributed by atoms with Crippen molar-refractivity contribution in [2.45, 2.75) is 39.2 Å². The maximum atomic E-state index is 6.18. The monoisotopic (exact) mass is 290 g/mol. The first-order valence-corrected chi connectivity index (χ1v) is 7.96. The lowest BCUT2D eigenvalue weighted by atomic mass is 9.98. The zero-order valence-electron chi connectivity index (χ0n) is 13.3. The molecule has 0 spiro atoms. The van der Waals surface area contributed by atoms with Crippen LogP contribution >= 0.6 is 0 Å². The molecular weight excluding hydrogens is 264 g/mol. The molecule has 2 aromatic heterocycles. The average Bonchev–Trinajstić information content (AvgIpc) is 2.90. The van der Waals surface area contributed by atoms with E-state index in [4.69, 9.17) is 5.73 Å². The molecule has 0 radical (unpaired) electrons. The topological polar surface area (TPSA) is 64.9 Å². The Kier molecular flexibility index (Phi) is 3.89. The number of nitrogen functional groups attached to an aromatic ring is 1. The maximum absolute atomic E-state index is 6.18. The van der Waals surface area contributed by atoms with Crippen molar-refractivity contribution in [3.63, 3.8) is 0 Å². The quantitative estimate of drug-likeness (QED) is 0.930. The Morgan fingerprint density at radius 1 is 1.33 bits per heavy atom. The van der Waals surface area contributed by atoms with Crippen LogP contribution in [0.15, 0.2) is 0 Å². The minimum Gasteiger partial charge on any atom is -0.369 e. The maximum Gasteiger partial charge on any atom is 0.202 e. The smallest absolute Gasteiger partial charge is 0.202 e. The fourth-order valence-corrected chi connectivity index (χ4v) is 3.52. The lowest BCUT2D eigenvalue weighted by Gasteiger charge is -2.30. The van der Waals surface area contributed by atoms with Gasteiger partial charge in [0.1, 0.15) is 5.52 Å². The van der Waals surface area contributed by atoms with Crippen LogP contribution in [0.5, 0.6) is 0 Å². The summed E-state index contributed by atoms with van der Waals surface area (Å²) in [5.41, 5.74) is 9.31. The van der Waals surface area contributed by atoms with E-state index >= 15 is 0 Å². The molecule has 1 aliphatic heterocycles. The molecule has 6 heteroatoms. The highest BCUT2D eigenvalue weighted by Crippen LogP contribution is 2.25. The molecule has 1 unspecified atom stereocenters. The number of hydrogen-bond acceptors (Lipinski definition) is 4. The van der Waals surface area contributed by atoms with Crippen LogP contribution in [0.1, 0.15) is 31.9 Å². The van der Waals surface area contributed by atoms with E-state index in [2.05, 4.69) is 33.5 Å². The summed E-state index contributed by atoms with van der Waals surface area (Å²) < 4.78 is 4.10. The molecule has 0 saturated carbocycles. The van der Waals surface area contributed by atoms with Crippen molar-refractivity contribution < 1.29 is 0 Å². The Bertz CT molecular complexity index is 626. The van der Waals surface area contributed by atoms with Gasteiger partial charge in [-0.2, -0.15) is 5.10 Å². The first kappa shape index (κ1) is 14.4. The van der Waals surface area contributed by atoms with E-state index in [1.165, 1.54) is 19.4 Å². The second-order valence-corrected chi connectivity index (χ2v) is 6.34. The van der Waals surface area contributed by atoms with Crippen LogP contribution in [0, 0.1) is 5.92 Å². The van der Waals surface area contributed by atoms with Crippen LogP contribution < -0.4 is 5.73 Å². The summed E-state index contributed by atoms with van der Waals surface area (Å²) in [5, 5.41) is 4.62. The summed E-state index contributed by atoms with van der Waals surface area (Å²) in [7, 11) is 4.19. The van der Waals surface area contributed by atoms with Gasteiger partial charge in [-0.05, 0) is 38.8 Å². The fraction of sp³-hybridized carbons (Fsp3) is 0.733. The highest BCUT2D eigenvalue weighted by atomic mass is 15.3. The molecule has 2 N–H and O–H groups in total. The van der Waals surface area contributed by atoms with Gasteiger partial charge in [-0.1, -0.05) is 13.3 Å². The lowest BCUT2D eigenvalue weighted by molar-refractivity contribution is 0.196. The average molecular weight is 290 g/mol. The van der Waals surface area contributed by atoms with Gasteiger partial charge >= 0.3 is 0 Å². The molecule has 0 aliphatic carbocycles. The van der Waals surface area contributed by atoms with E-state index in [1.54, 1.807) is 0 Å². The molecule has 116 valence electrons. The van der Waals surface area contributed by atoms with Crippen molar-refractivity contribution in [2.75, 3.05) is 25.9 Å². The number of fused-ring (bicyclic) bond motifs is 1. The van der Waals surface area contributed by atoms with Crippen LogP contribution in [0.4, 0.5) is 5.95 Å². The van der Waals surface area contributed by atoms with Crippen molar-refractivity contribution in [2.24, 2.45) is 13.0 Å². The van der Waals surface area contributed by atoms with Crippen molar-refractivity contribution in [3.8, 4) is 0 Å². The van der Waals surface area contributed by atoms with E-state index in [-0.39, 0.29) is 0 Å². The van der Waals surface area contributed by atoms with Gasteiger partial charge in [-0.25, -0.2) is 4.98 Å². The molecule has 0 aromatic carbocycles. The molecule has 6 nitrogen and oxygen atoms in total. The Balaban J connectivity index is 1.92. The van der Waals surface area contributed by atoms with Gasteiger partial charge in [-0.15, -0.1) is 0 Å². The summed E-state index contributed by atoms with van der Waals surface area (Å²) in [5.74, 6) is 1.27. The third-order valence-electron chi connectivity index (χ3n) is 4.47. The standard InChI is InChI=1S/C15H26N6/c1-4-6-12-13-14(20(3)18-12)21(15(16)17-13)10-11-7-5-8-19(2)9-11/h11H,4-10H2,1-3H3,(H2,16,17). The summed E-state index contributed by atoms with van der Waals surface area (Å²) in [6.45, 7) is 5.45. The van der Waals surface area contributed by atoms with Crippen LogP contribution in [-0.4, -0.2) is 44.4 Å². The van der Waals surface area contributed by atoms with Gasteiger partial charge < -0.3 is 10.6 Å². The predicted octanol–water partition coefficient (Wildman–Crippen LogP) is 1.65. The van der Waals surface area contributed by atoms with Gasteiger partial charge in [0, 0.05) is 20.1 Å². The number of likely N-dealkylation sites (tertiary alicyclic amines) is 1. The van der Waals surface area contributed by atoms with Crippen molar-refractivity contribution in [1.29, 1.82) is 0 Å². The SMILES string of the molecule is CCCc1nn(C)c2c1nc(N)n2CC1CCCN(C)C1. The summed E-state index contributed by atoms with van der Waals surface area (Å²) in [6, 6.07) is 0. The van der Waals surface area contributed by atoms with E-state index in [9.17, 15) is 0 Å². The van der Waals surface area contributed by atoms with Crippen LogP contribution in [-0.2, 0) is 20.0 Å². The first-order valence-electron chi connectivity index (χ1n) is 7.96. The number of nitrogens with two attached hydrogens (primary N) is 1. The van der Waals surface area contributed by atoms with E-state index in [1.807, 2.05) is 11.7 Å². The number of rotatable bonds is 4. The molecule has 2 aromatic rings. The predicted molar refractivity (Wildman–Crippen MR) is 85.1 cm³/mol. The molecule has 21 heavy (non-hydrogen) atoms. The van der Waals surface area contributed by atoms with E-state index in [0.29, 0.717) is 11.9 Å². The molecule has 1 fully saturated rings. The van der Waals surface area contributed by atoms with Crippen molar-refractivity contribution >= 4 is 17.1 Å². The van der Waals surface area contributed by atoms with E-state index in [0.717, 1.165) is 42.8 Å². The van der Waals surface area contributed by atoms with Gasteiger partial charge in [0.25, 0.3) is 0 Å². The number of imidazole rings is 1. The zero-order valence-corrected chi connectivity index (χ0v) is 13.3. The Labute approximate surface area is 125 Å². The van der Waals surface area contributed by atoms with Crippen LogP contribution in [0.25, 0.3) is 11.2 Å². The minimum absolute atomic E-state index is 0.628. The number of hydrogen-bond donors (Lipinski definition) is 1. The van der Waals surface area contributed by atoms with Gasteiger partial charge in [0.05, 0.1) is 5.69 Å². The molecule has 0 bridgehead atoms. The van der Waals surface area contributed by atoms with Crippen molar-refractivity contribution in [1.82, 2.24) is 24.2 Å². The Hall–Kier alpha value is -1.56. The Morgan fingerprint density at radius 3 is 2.86 bits per heavy atom. The summed E-state index contributed by atoms with van der Waals surface area (Å²) in [4.78, 5) is 6.99. The number of nitrogens with zero attached hydrogens (tertiary/aromatic N) is 5. The highest BCUT2D eigenvalue weighted by Gasteiger charge is 2.22. The van der Waals surface area contributed by atoms with E-state index < -0.39 is 0 Å². The first-order chi connectivity index (χ1) is 10.1.